The monoisotopic (exact) mass is 449 g/mol. The van der Waals surface area contributed by atoms with Crippen LogP contribution in [-0.2, 0) is 9.47 Å². The largest absolute Gasteiger partial charge is 0.497 e. The molecule has 0 fully saturated rings. The van der Waals surface area contributed by atoms with Crippen LogP contribution in [0.4, 0.5) is 0 Å². The third-order valence-corrected chi connectivity index (χ3v) is 5.50. The van der Waals surface area contributed by atoms with E-state index in [1.54, 1.807) is 35.5 Å². The Hall–Kier alpha value is -3.80. The lowest BCUT2D eigenvalue weighted by Crippen LogP contribution is -2.23. The molecule has 1 heterocycles. The van der Waals surface area contributed by atoms with Crippen LogP contribution in [-0.4, -0.2) is 40.5 Å². The fourth-order valence-corrected chi connectivity index (χ4v) is 3.81. The fourth-order valence-electron chi connectivity index (χ4n) is 3.81. The van der Waals surface area contributed by atoms with Gasteiger partial charge in [-0.15, -0.1) is 0 Å². The minimum absolute atomic E-state index is 0.549. The van der Waals surface area contributed by atoms with Crippen molar-refractivity contribution < 1.29 is 23.7 Å². The van der Waals surface area contributed by atoms with Crippen LogP contribution in [0.3, 0.4) is 0 Å². The maximum absolute atomic E-state index is 5.62. The van der Waals surface area contributed by atoms with Gasteiger partial charge in [0.1, 0.15) is 11.5 Å². The average molecular weight is 450 g/mol. The quantitative estimate of drug-likeness (QED) is 0.456. The zero-order chi connectivity index (χ0) is 24.0. The summed E-state index contributed by atoms with van der Waals surface area (Å²) in [5.41, 5.74) is 3.88. The third-order valence-electron chi connectivity index (χ3n) is 5.50. The summed E-state index contributed by atoms with van der Waals surface area (Å²) in [6.07, 6.45) is 12.8. The molecular weight excluding hydrogens is 418 g/mol. The van der Waals surface area contributed by atoms with Gasteiger partial charge in [-0.05, 0) is 54.8 Å². The minimum Gasteiger partial charge on any atom is -0.497 e. The molecule has 6 heteroatoms. The Kier molecular flexibility index (Phi) is 7.72. The Morgan fingerprint density at radius 1 is 0.939 bits per heavy atom. The molecule has 2 aromatic rings. The predicted octanol–water partition coefficient (Wildman–Crippen LogP) is 4.32. The lowest BCUT2D eigenvalue weighted by molar-refractivity contribution is 0.309. The van der Waals surface area contributed by atoms with E-state index >= 15 is 0 Å². The molecule has 1 aromatic carbocycles. The highest BCUT2D eigenvalue weighted by atomic mass is 16.5. The number of aromatic nitrogens is 1. The summed E-state index contributed by atoms with van der Waals surface area (Å²) < 4.78 is 27.5. The lowest BCUT2D eigenvalue weighted by atomic mass is 9.98. The zero-order valence-corrected chi connectivity index (χ0v) is 20.1. The molecule has 0 unspecified atom stereocenters. The Morgan fingerprint density at radius 2 is 1.64 bits per heavy atom. The van der Waals surface area contributed by atoms with Crippen molar-refractivity contribution in [2.45, 2.75) is 13.3 Å². The lowest BCUT2D eigenvalue weighted by Gasteiger charge is -2.15. The molecule has 0 radical (unpaired) electrons. The first kappa shape index (κ1) is 23.9. The Balaban J connectivity index is 2.36. The van der Waals surface area contributed by atoms with Crippen molar-refractivity contribution in [1.29, 1.82) is 0 Å². The summed E-state index contributed by atoms with van der Waals surface area (Å²) in [4.78, 5) is 3.59. The topological polar surface area (TPSA) is 61.9 Å². The highest BCUT2D eigenvalue weighted by Gasteiger charge is 2.20. The molecule has 1 N–H and O–H groups in total. The molecule has 174 valence electrons. The van der Waals surface area contributed by atoms with Crippen LogP contribution in [0, 0.1) is 0 Å². The van der Waals surface area contributed by atoms with Crippen LogP contribution in [0.5, 0.6) is 17.2 Å². The second kappa shape index (κ2) is 10.7. The normalized spacial score (nSPS) is 13.3. The van der Waals surface area contributed by atoms with Gasteiger partial charge in [0, 0.05) is 22.2 Å². The van der Waals surface area contributed by atoms with Crippen LogP contribution < -0.4 is 24.8 Å². The number of hydrogen-bond donors (Lipinski definition) is 1. The van der Waals surface area contributed by atoms with E-state index in [0.29, 0.717) is 23.0 Å². The maximum atomic E-state index is 5.62. The predicted molar refractivity (Wildman–Crippen MR) is 133 cm³/mol. The van der Waals surface area contributed by atoms with Crippen LogP contribution in [0.2, 0.25) is 0 Å². The number of nitrogens with one attached hydrogen (secondary N) is 1. The van der Waals surface area contributed by atoms with E-state index in [1.807, 2.05) is 49.4 Å². The van der Waals surface area contributed by atoms with E-state index in [4.69, 9.17) is 23.7 Å². The Bertz CT molecular complexity index is 1220. The molecule has 0 atom stereocenters. The van der Waals surface area contributed by atoms with Gasteiger partial charge in [0.25, 0.3) is 0 Å². The van der Waals surface area contributed by atoms with Crippen LogP contribution in [0.1, 0.15) is 19.0 Å². The summed E-state index contributed by atoms with van der Waals surface area (Å²) in [6, 6.07) is 3.92. The molecule has 0 spiro atoms. The number of fused-ring (bicyclic) bond motifs is 1. The number of ether oxygens (including phenoxy) is 5. The molecule has 0 saturated heterocycles. The summed E-state index contributed by atoms with van der Waals surface area (Å²) in [5, 5.41) is 2.03. The van der Waals surface area contributed by atoms with E-state index in [0.717, 1.165) is 45.1 Å². The van der Waals surface area contributed by atoms with Crippen molar-refractivity contribution in [3.63, 3.8) is 0 Å². The van der Waals surface area contributed by atoms with Gasteiger partial charge in [-0.2, -0.15) is 0 Å². The summed E-state index contributed by atoms with van der Waals surface area (Å²) in [6.45, 7) is 5.88. The molecule has 0 saturated carbocycles. The van der Waals surface area contributed by atoms with E-state index in [1.165, 1.54) is 0 Å². The third kappa shape index (κ3) is 4.85. The van der Waals surface area contributed by atoms with Gasteiger partial charge < -0.3 is 28.7 Å². The van der Waals surface area contributed by atoms with Gasteiger partial charge in [-0.3, -0.25) is 0 Å². The van der Waals surface area contributed by atoms with Crippen molar-refractivity contribution in [2.75, 3.05) is 35.5 Å². The van der Waals surface area contributed by atoms with Crippen molar-refractivity contribution in [3.05, 3.63) is 70.8 Å². The number of aromatic amines is 1. The second-order valence-corrected chi connectivity index (χ2v) is 7.26. The number of rotatable bonds is 9. The van der Waals surface area contributed by atoms with Crippen molar-refractivity contribution >= 4 is 17.7 Å². The second-order valence-electron chi connectivity index (χ2n) is 7.26. The first-order valence-corrected chi connectivity index (χ1v) is 10.6. The van der Waals surface area contributed by atoms with Gasteiger partial charge in [-0.25, -0.2) is 0 Å². The molecule has 3 rings (SSSR count). The minimum atomic E-state index is 0.549. The van der Waals surface area contributed by atoms with Crippen molar-refractivity contribution in [1.82, 2.24) is 4.98 Å². The van der Waals surface area contributed by atoms with Crippen LogP contribution in [0.25, 0.3) is 28.9 Å². The molecule has 33 heavy (non-hydrogen) atoms. The molecule has 0 bridgehead atoms. The smallest absolute Gasteiger partial charge is 0.203 e. The van der Waals surface area contributed by atoms with Gasteiger partial charge in [0.2, 0.25) is 5.75 Å². The summed E-state index contributed by atoms with van der Waals surface area (Å²) in [5.74, 6) is 3.10. The summed E-state index contributed by atoms with van der Waals surface area (Å²) >= 11 is 0. The zero-order valence-electron chi connectivity index (χ0n) is 20.1. The van der Waals surface area contributed by atoms with Crippen LogP contribution >= 0.6 is 0 Å². The Labute approximate surface area is 194 Å². The standard InChI is InChI=1S/C27H31NO5/c1-8-18(13-12-17(2)29-3)26-25(21-11-9-10-20(30-4)16-22(21)28-26)19-14-23(31-5)27(33-7)24(15-19)32-6/h8,10-16,28H,2,9H2,1,3-7H3/b13-12-,18-8+. The number of methoxy groups -OCH3 is 5. The van der Waals surface area contributed by atoms with E-state index < -0.39 is 0 Å². The van der Waals surface area contributed by atoms with E-state index in [-0.39, 0.29) is 0 Å². The molecule has 0 aliphatic heterocycles. The highest BCUT2D eigenvalue weighted by Crippen LogP contribution is 2.41. The molecule has 0 amide bonds. The molecule has 1 aromatic heterocycles. The highest BCUT2D eigenvalue weighted by molar-refractivity contribution is 5.86. The van der Waals surface area contributed by atoms with Crippen molar-refractivity contribution in [2.24, 2.45) is 0 Å². The molecular formula is C27H31NO5. The Morgan fingerprint density at radius 3 is 2.18 bits per heavy atom. The number of hydrogen-bond acceptors (Lipinski definition) is 5. The fraction of sp³-hybridized carbons (Fsp3) is 0.259. The number of benzene rings is 1. The van der Waals surface area contributed by atoms with Crippen molar-refractivity contribution in [3.8, 4) is 28.4 Å². The van der Waals surface area contributed by atoms with Crippen LogP contribution in [0.15, 0.2) is 54.5 Å². The molecule has 6 nitrogen and oxygen atoms in total. The number of allylic oxidation sites excluding steroid dienone is 6. The van der Waals surface area contributed by atoms with Gasteiger partial charge in [0.15, 0.2) is 11.5 Å². The SMILES string of the molecule is C=C(/C=C\C(=C/C)c1[nH]c2c(c1-c1cc(OC)c(OC)c(OC)c1)=CCC=C(OC)C=2)OC. The first-order chi connectivity index (χ1) is 16.0. The van der Waals surface area contributed by atoms with E-state index in [2.05, 4.69) is 17.6 Å². The van der Waals surface area contributed by atoms with Gasteiger partial charge >= 0.3 is 0 Å². The van der Waals surface area contributed by atoms with Gasteiger partial charge in [-0.1, -0.05) is 18.7 Å². The molecule has 1 aliphatic rings. The number of H-pyrrole nitrogens is 1. The van der Waals surface area contributed by atoms with E-state index in [9.17, 15) is 0 Å². The van der Waals surface area contributed by atoms with Gasteiger partial charge in [0.05, 0.1) is 41.2 Å². The molecule has 1 aliphatic carbocycles. The maximum Gasteiger partial charge on any atom is 0.203 e. The summed E-state index contributed by atoms with van der Waals surface area (Å²) in [7, 11) is 8.10. The first-order valence-electron chi connectivity index (χ1n) is 10.6. The average Bonchev–Trinajstić information content (AvgIpc) is 3.06.